The van der Waals surface area contributed by atoms with Gasteiger partial charge in [-0.15, -0.1) is 10.2 Å². The summed E-state index contributed by atoms with van der Waals surface area (Å²) in [6.45, 7) is 4.76. The molecule has 2 rings (SSSR count). The van der Waals surface area contributed by atoms with E-state index >= 15 is 0 Å². The molecule has 1 heterocycles. The zero-order valence-electron chi connectivity index (χ0n) is 10.7. The number of nitrogens with one attached hydrogen (secondary N) is 1. The van der Waals surface area contributed by atoms with Gasteiger partial charge in [0.1, 0.15) is 0 Å². The van der Waals surface area contributed by atoms with Crippen LogP contribution < -0.4 is 5.32 Å². The Morgan fingerprint density at radius 2 is 2.00 bits per heavy atom. The molecule has 0 bridgehead atoms. The van der Waals surface area contributed by atoms with E-state index in [0.29, 0.717) is 12.5 Å². The Morgan fingerprint density at radius 3 is 2.53 bits per heavy atom. The van der Waals surface area contributed by atoms with Gasteiger partial charge in [-0.2, -0.15) is 0 Å². The summed E-state index contributed by atoms with van der Waals surface area (Å²) >= 11 is 6.70. The minimum atomic E-state index is -0.252. The number of carbonyl (C=O) groups excluding carboxylic acids is 1. The second kappa shape index (κ2) is 6.12. The van der Waals surface area contributed by atoms with Gasteiger partial charge in [0.05, 0.1) is 0 Å². The quantitative estimate of drug-likeness (QED) is 0.942. The average molecular weight is 296 g/mol. The van der Waals surface area contributed by atoms with Gasteiger partial charge in [0, 0.05) is 6.54 Å². The molecule has 0 saturated heterocycles. The summed E-state index contributed by atoms with van der Waals surface area (Å²) in [6.07, 6.45) is 0. The highest BCUT2D eigenvalue weighted by molar-refractivity contribution is 7.17. The monoisotopic (exact) mass is 295 g/mol. The van der Waals surface area contributed by atoms with Gasteiger partial charge in [0.2, 0.25) is 9.47 Å². The number of benzene rings is 1. The Hall–Kier alpha value is -1.46. The molecule has 0 fully saturated rings. The number of aromatic nitrogens is 2. The number of carbonyl (C=O) groups is 1. The maximum absolute atomic E-state index is 11.7. The fourth-order valence-electron chi connectivity index (χ4n) is 1.58. The summed E-state index contributed by atoms with van der Waals surface area (Å²) < 4.78 is 0.270. The van der Waals surface area contributed by atoms with Crippen LogP contribution in [-0.2, 0) is 6.54 Å². The molecule has 0 aliphatic heterocycles. The van der Waals surface area contributed by atoms with Crippen LogP contribution in [0.25, 0.3) is 0 Å². The first kappa shape index (κ1) is 14.0. The number of hydrogen-bond donors (Lipinski definition) is 1. The van der Waals surface area contributed by atoms with Crippen molar-refractivity contribution < 1.29 is 4.79 Å². The summed E-state index contributed by atoms with van der Waals surface area (Å²) in [5.41, 5.74) is 2.33. The van der Waals surface area contributed by atoms with E-state index in [4.69, 9.17) is 11.6 Å². The molecule has 1 aromatic carbocycles. The van der Waals surface area contributed by atoms with E-state index in [1.807, 2.05) is 12.1 Å². The summed E-state index contributed by atoms with van der Waals surface area (Å²) in [6, 6.07) is 8.19. The van der Waals surface area contributed by atoms with Crippen LogP contribution in [0.3, 0.4) is 0 Å². The number of halogens is 1. The van der Waals surface area contributed by atoms with Gasteiger partial charge in [-0.05, 0) is 28.6 Å². The lowest BCUT2D eigenvalue weighted by Crippen LogP contribution is -2.22. The van der Waals surface area contributed by atoms with Crippen molar-refractivity contribution >= 4 is 28.8 Å². The van der Waals surface area contributed by atoms with E-state index in [1.54, 1.807) is 0 Å². The first-order valence-corrected chi connectivity index (χ1v) is 7.11. The van der Waals surface area contributed by atoms with Crippen molar-refractivity contribution in [2.75, 3.05) is 0 Å². The topological polar surface area (TPSA) is 54.9 Å². The SMILES string of the molecule is CC(C)c1ccc(CNC(=O)c2nnc(Cl)s2)cc1. The Bertz CT molecular complexity index is 566. The molecule has 6 heteroatoms. The Morgan fingerprint density at radius 1 is 1.32 bits per heavy atom. The maximum atomic E-state index is 11.7. The third-order valence-electron chi connectivity index (χ3n) is 2.69. The van der Waals surface area contributed by atoms with Crippen LogP contribution in [0.15, 0.2) is 24.3 Å². The molecular formula is C13H14ClN3OS. The fourth-order valence-corrected chi connectivity index (χ4v) is 2.32. The standard InChI is InChI=1S/C13H14ClN3OS/c1-8(2)10-5-3-9(4-6-10)7-15-11(18)12-16-17-13(14)19-12/h3-6,8H,7H2,1-2H3,(H,15,18). The van der Waals surface area contributed by atoms with Crippen molar-refractivity contribution in [2.45, 2.75) is 26.3 Å². The van der Waals surface area contributed by atoms with Crippen molar-refractivity contribution in [1.29, 1.82) is 0 Å². The van der Waals surface area contributed by atoms with E-state index in [1.165, 1.54) is 5.56 Å². The fraction of sp³-hybridized carbons (Fsp3) is 0.308. The molecule has 0 spiro atoms. The second-order valence-electron chi connectivity index (χ2n) is 4.44. The Labute approximate surface area is 120 Å². The minimum absolute atomic E-state index is 0.252. The molecule has 0 aliphatic carbocycles. The predicted molar refractivity (Wildman–Crippen MR) is 76.6 cm³/mol. The lowest BCUT2D eigenvalue weighted by atomic mass is 10.0. The smallest absolute Gasteiger partial charge is 0.282 e. The summed E-state index contributed by atoms with van der Waals surface area (Å²) in [4.78, 5) is 11.7. The zero-order chi connectivity index (χ0) is 13.8. The first-order chi connectivity index (χ1) is 9.06. The molecule has 19 heavy (non-hydrogen) atoms. The van der Waals surface area contributed by atoms with Crippen molar-refractivity contribution in [3.63, 3.8) is 0 Å². The first-order valence-electron chi connectivity index (χ1n) is 5.92. The molecule has 1 aromatic heterocycles. The molecule has 0 unspecified atom stereocenters. The molecule has 1 N–H and O–H groups in total. The molecule has 0 aliphatic rings. The van der Waals surface area contributed by atoms with Crippen molar-refractivity contribution in [3.05, 3.63) is 44.9 Å². The summed E-state index contributed by atoms with van der Waals surface area (Å²) in [5, 5.41) is 10.4. The molecule has 100 valence electrons. The van der Waals surface area contributed by atoms with Gasteiger partial charge in [-0.1, -0.05) is 49.4 Å². The van der Waals surface area contributed by atoms with Crippen LogP contribution in [0, 0.1) is 0 Å². The van der Waals surface area contributed by atoms with Crippen molar-refractivity contribution in [2.24, 2.45) is 0 Å². The molecule has 2 aromatic rings. The number of amides is 1. The molecule has 4 nitrogen and oxygen atoms in total. The molecule has 0 atom stereocenters. The Balaban J connectivity index is 1.93. The minimum Gasteiger partial charge on any atom is -0.346 e. The van der Waals surface area contributed by atoms with Crippen LogP contribution in [0.5, 0.6) is 0 Å². The Kier molecular flexibility index (Phi) is 4.50. The van der Waals surface area contributed by atoms with Crippen LogP contribution in [0.2, 0.25) is 4.47 Å². The van der Waals surface area contributed by atoms with Crippen LogP contribution in [-0.4, -0.2) is 16.1 Å². The molecule has 0 radical (unpaired) electrons. The predicted octanol–water partition coefficient (Wildman–Crippen LogP) is 3.24. The largest absolute Gasteiger partial charge is 0.346 e. The molecule has 0 saturated carbocycles. The average Bonchev–Trinajstić information content (AvgIpc) is 2.83. The van der Waals surface area contributed by atoms with Gasteiger partial charge < -0.3 is 5.32 Å². The van der Waals surface area contributed by atoms with E-state index in [0.717, 1.165) is 16.9 Å². The lowest BCUT2D eigenvalue weighted by Gasteiger charge is -2.07. The summed E-state index contributed by atoms with van der Waals surface area (Å²) in [5.74, 6) is 0.254. The highest BCUT2D eigenvalue weighted by Gasteiger charge is 2.11. The highest BCUT2D eigenvalue weighted by Crippen LogP contribution is 2.16. The van der Waals surface area contributed by atoms with Gasteiger partial charge in [0.25, 0.3) is 5.91 Å². The second-order valence-corrected chi connectivity index (χ2v) is 6.00. The van der Waals surface area contributed by atoms with Crippen LogP contribution >= 0.6 is 22.9 Å². The van der Waals surface area contributed by atoms with E-state index < -0.39 is 0 Å². The van der Waals surface area contributed by atoms with Crippen LogP contribution in [0.4, 0.5) is 0 Å². The van der Waals surface area contributed by atoms with Crippen molar-refractivity contribution in [3.8, 4) is 0 Å². The zero-order valence-corrected chi connectivity index (χ0v) is 12.3. The highest BCUT2D eigenvalue weighted by atomic mass is 35.5. The van der Waals surface area contributed by atoms with Gasteiger partial charge in [-0.25, -0.2) is 0 Å². The third kappa shape index (κ3) is 3.75. The van der Waals surface area contributed by atoms with Crippen LogP contribution in [0.1, 0.15) is 40.7 Å². The number of hydrogen-bond acceptors (Lipinski definition) is 4. The normalized spacial score (nSPS) is 10.7. The summed E-state index contributed by atoms with van der Waals surface area (Å²) in [7, 11) is 0. The van der Waals surface area contributed by atoms with E-state index in [-0.39, 0.29) is 15.4 Å². The maximum Gasteiger partial charge on any atom is 0.282 e. The number of nitrogens with zero attached hydrogens (tertiary/aromatic N) is 2. The third-order valence-corrected chi connectivity index (χ3v) is 3.71. The molecular weight excluding hydrogens is 282 g/mol. The van der Waals surface area contributed by atoms with Gasteiger partial charge in [-0.3, -0.25) is 4.79 Å². The van der Waals surface area contributed by atoms with E-state index in [2.05, 4.69) is 41.5 Å². The van der Waals surface area contributed by atoms with Gasteiger partial charge in [0.15, 0.2) is 0 Å². The van der Waals surface area contributed by atoms with Crippen molar-refractivity contribution in [1.82, 2.24) is 15.5 Å². The number of rotatable bonds is 4. The molecule has 1 amide bonds. The lowest BCUT2D eigenvalue weighted by molar-refractivity contribution is 0.0950. The van der Waals surface area contributed by atoms with E-state index in [9.17, 15) is 4.79 Å². The van der Waals surface area contributed by atoms with Gasteiger partial charge >= 0.3 is 0 Å².